The Kier molecular flexibility index (Phi) is 2.52. The quantitative estimate of drug-likeness (QED) is 0.785. The summed E-state index contributed by atoms with van der Waals surface area (Å²) in [6.07, 6.45) is 0. The lowest BCUT2D eigenvalue weighted by Gasteiger charge is -2.10. The van der Waals surface area contributed by atoms with Crippen molar-refractivity contribution < 1.29 is 9.18 Å². The number of urea groups is 1. The standard InChI is InChI=1S/C10H10ClFN2O/c1-14-5-9(13-10(14)15)6-2-3-8(12)7(11)4-6/h2-4,9H,5H2,1H3,(H,13,15). The lowest BCUT2D eigenvalue weighted by atomic mass is 10.1. The Bertz CT molecular complexity index is 410. The summed E-state index contributed by atoms with van der Waals surface area (Å²) in [5, 5.41) is 2.85. The molecule has 1 aromatic rings. The highest BCUT2D eigenvalue weighted by Crippen LogP contribution is 2.23. The van der Waals surface area contributed by atoms with E-state index in [4.69, 9.17) is 11.6 Å². The van der Waals surface area contributed by atoms with Crippen LogP contribution in [0.25, 0.3) is 0 Å². The molecule has 15 heavy (non-hydrogen) atoms. The minimum atomic E-state index is -0.446. The highest BCUT2D eigenvalue weighted by Gasteiger charge is 2.26. The van der Waals surface area contributed by atoms with Gasteiger partial charge in [0, 0.05) is 13.6 Å². The Morgan fingerprint density at radius 1 is 1.60 bits per heavy atom. The maximum absolute atomic E-state index is 12.9. The lowest BCUT2D eigenvalue weighted by Crippen LogP contribution is -2.23. The van der Waals surface area contributed by atoms with Gasteiger partial charge in [-0.3, -0.25) is 0 Å². The largest absolute Gasteiger partial charge is 0.329 e. The second-order valence-corrected chi connectivity index (χ2v) is 3.96. The van der Waals surface area contributed by atoms with Crippen LogP contribution in [-0.4, -0.2) is 24.5 Å². The van der Waals surface area contributed by atoms with E-state index in [2.05, 4.69) is 5.32 Å². The van der Waals surface area contributed by atoms with Crippen LogP contribution in [0.5, 0.6) is 0 Å². The summed E-state index contributed by atoms with van der Waals surface area (Å²) in [6.45, 7) is 0.570. The van der Waals surface area contributed by atoms with Gasteiger partial charge in [-0.05, 0) is 17.7 Å². The predicted octanol–water partition coefficient (Wildman–Crippen LogP) is 2.18. The van der Waals surface area contributed by atoms with Crippen LogP contribution in [0.2, 0.25) is 5.02 Å². The molecule has 80 valence electrons. The molecular weight excluding hydrogens is 219 g/mol. The van der Waals surface area contributed by atoms with Gasteiger partial charge < -0.3 is 10.2 Å². The fraction of sp³-hybridized carbons (Fsp3) is 0.300. The smallest absolute Gasteiger partial charge is 0.317 e. The Morgan fingerprint density at radius 2 is 2.33 bits per heavy atom. The number of benzene rings is 1. The van der Waals surface area contributed by atoms with Crippen LogP contribution >= 0.6 is 11.6 Å². The fourth-order valence-corrected chi connectivity index (χ4v) is 1.77. The molecule has 0 aromatic heterocycles. The normalized spacial score (nSPS) is 20.6. The van der Waals surface area contributed by atoms with E-state index in [1.54, 1.807) is 24.1 Å². The van der Waals surface area contributed by atoms with Crippen molar-refractivity contribution in [3.05, 3.63) is 34.6 Å². The first-order valence-corrected chi connectivity index (χ1v) is 4.92. The third kappa shape index (κ3) is 1.90. The number of halogens is 2. The van der Waals surface area contributed by atoms with Crippen LogP contribution in [0.3, 0.4) is 0 Å². The third-order valence-corrected chi connectivity index (χ3v) is 2.74. The van der Waals surface area contributed by atoms with Crippen molar-refractivity contribution in [3.8, 4) is 0 Å². The summed E-state index contributed by atoms with van der Waals surface area (Å²) in [5.74, 6) is -0.446. The van der Waals surface area contributed by atoms with E-state index in [-0.39, 0.29) is 17.1 Å². The Labute approximate surface area is 91.8 Å². The average Bonchev–Trinajstić information content (AvgIpc) is 2.52. The van der Waals surface area contributed by atoms with Crippen molar-refractivity contribution in [1.29, 1.82) is 0 Å². The van der Waals surface area contributed by atoms with E-state index < -0.39 is 5.82 Å². The van der Waals surface area contributed by atoms with Gasteiger partial charge in [-0.15, -0.1) is 0 Å². The minimum absolute atomic E-state index is 0.0799. The predicted molar refractivity (Wildman–Crippen MR) is 55.3 cm³/mol. The summed E-state index contributed by atoms with van der Waals surface area (Å²) >= 11 is 5.66. The zero-order chi connectivity index (χ0) is 11.0. The molecule has 1 aromatic carbocycles. The number of carbonyl (C=O) groups excluding carboxylic acids is 1. The van der Waals surface area contributed by atoms with Gasteiger partial charge in [-0.1, -0.05) is 17.7 Å². The Hall–Kier alpha value is -1.29. The summed E-state index contributed by atoms with van der Waals surface area (Å²) in [7, 11) is 1.71. The van der Waals surface area contributed by atoms with Crippen LogP contribution in [0, 0.1) is 5.82 Å². The van der Waals surface area contributed by atoms with E-state index in [9.17, 15) is 9.18 Å². The van der Waals surface area contributed by atoms with Gasteiger partial charge in [-0.25, -0.2) is 9.18 Å². The minimum Gasteiger partial charge on any atom is -0.329 e. The number of amides is 2. The van der Waals surface area contributed by atoms with E-state index in [0.717, 1.165) is 5.56 Å². The number of rotatable bonds is 1. The third-order valence-electron chi connectivity index (χ3n) is 2.45. The molecule has 0 spiro atoms. The van der Waals surface area contributed by atoms with Crippen LogP contribution in [0.4, 0.5) is 9.18 Å². The molecule has 0 radical (unpaired) electrons. The first kappa shape index (κ1) is 10.2. The van der Waals surface area contributed by atoms with Crippen LogP contribution in [0.15, 0.2) is 18.2 Å². The Balaban J connectivity index is 2.24. The maximum atomic E-state index is 12.9. The van der Waals surface area contributed by atoms with E-state index in [0.29, 0.717) is 6.54 Å². The topological polar surface area (TPSA) is 32.3 Å². The zero-order valence-corrected chi connectivity index (χ0v) is 8.88. The maximum Gasteiger partial charge on any atom is 0.317 e. The van der Waals surface area contributed by atoms with Crippen molar-refractivity contribution in [3.63, 3.8) is 0 Å². The molecule has 1 N–H and O–H groups in total. The van der Waals surface area contributed by atoms with Crippen molar-refractivity contribution in [2.24, 2.45) is 0 Å². The molecule has 5 heteroatoms. The van der Waals surface area contributed by atoms with Gasteiger partial charge >= 0.3 is 6.03 Å². The molecule has 2 rings (SSSR count). The van der Waals surface area contributed by atoms with E-state index in [1.807, 2.05) is 0 Å². The molecule has 1 saturated heterocycles. The SMILES string of the molecule is CN1CC(c2ccc(F)c(Cl)c2)NC1=O. The molecule has 2 amide bonds. The summed E-state index contributed by atoms with van der Waals surface area (Å²) < 4.78 is 12.9. The molecule has 1 fully saturated rings. The molecule has 1 unspecified atom stereocenters. The van der Waals surface area contributed by atoms with Crippen molar-refractivity contribution >= 4 is 17.6 Å². The average molecular weight is 229 g/mol. The zero-order valence-electron chi connectivity index (χ0n) is 8.13. The van der Waals surface area contributed by atoms with Gasteiger partial charge in [0.25, 0.3) is 0 Å². The number of hydrogen-bond acceptors (Lipinski definition) is 1. The molecule has 0 bridgehead atoms. The first-order valence-electron chi connectivity index (χ1n) is 4.54. The fourth-order valence-electron chi connectivity index (χ4n) is 1.58. The number of hydrogen-bond donors (Lipinski definition) is 1. The first-order chi connectivity index (χ1) is 7.08. The van der Waals surface area contributed by atoms with Crippen molar-refractivity contribution in [2.45, 2.75) is 6.04 Å². The summed E-state index contributed by atoms with van der Waals surface area (Å²) in [4.78, 5) is 12.8. The second-order valence-electron chi connectivity index (χ2n) is 3.56. The van der Waals surface area contributed by atoms with E-state index in [1.165, 1.54) is 6.07 Å². The number of carbonyl (C=O) groups is 1. The molecule has 0 aliphatic carbocycles. The lowest BCUT2D eigenvalue weighted by molar-refractivity contribution is 0.226. The van der Waals surface area contributed by atoms with Crippen molar-refractivity contribution in [2.75, 3.05) is 13.6 Å². The van der Waals surface area contributed by atoms with E-state index >= 15 is 0 Å². The molecule has 0 saturated carbocycles. The van der Waals surface area contributed by atoms with Crippen molar-refractivity contribution in [1.82, 2.24) is 10.2 Å². The van der Waals surface area contributed by atoms with Gasteiger partial charge in [0.2, 0.25) is 0 Å². The highest BCUT2D eigenvalue weighted by atomic mass is 35.5. The van der Waals surface area contributed by atoms with Crippen LogP contribution in [-0.2, 0) is 0 Å². The van der Waals surface area contributed by atoms with Crippen LogP contribution in [0.1, 0.15) is 11.6 Å². The molecule has 1 aliphatic heterocycles. The van der Waals surface area contributed by atoms with Gasteiger partial charge in [0.15, 0.2) is 0 Å². The molecule has 1 heterocycles. The second kappa shape index (κ2) is 3.70. The molecule has 3 nitrogen and oxygen atoms in total. The molecule has 1 aliphatic rings. The summed E-state index contributed by atoms with van der Waals surface area (Å²) in [5.41, 5.74) is 0.819. The van der Waals surface area contributed by atoms with Gasteiger partial charge in [0.05, 0.1) is 11.1 Å². The number of nitrogens with one attached hydrogen (secondary N) is 1. The van der Waals surface area contributed by atoms with Gasteiger partial charge in [-0.2, -0.15) is 0 Å². The Morgan fingerprint density at radius 3 is 2.87 bits per heavy atom. The number of likely N-dealkylation sites (N-methyl/N-ethyl adjacent to an activating group) is 1. The van der Waals surface area contributed by atoms with Crippen LogP contribution < -0.4 is 5.32 Å². The van der Waals surface area contributed by atoms with Gasteiger partial charge in [0.1, 0.15) is 5.82 Å². The summed E-state index contributed by atoms with van der Waals surface area (Å²) in [6, 6.07) is 4.25. The highest BCUT2D eigenvalue weighted by molar-refractivity contribution is 6.30. The molecular formula is C10H10ClFN2O. The monoisotopic (exact) mass is 228 g/mol. The number of nitrogens with zero attached hydrogens (tertiary/aromatic N) is 1. The molecule has 1 atom stereocenters.